The van der Waals surface area contributed by atoms with Gasteiger partial charge in [-0.3, -0.25) is 9.69 Å². The van der Waals surface area contributed by atoms with Crippen LogP contribution in [0.5, 0.6) is 5.75 Å². The third-order valence-electron chi connectivity index (χ3n) is 4.03. The van der Waals surface area contributed by atoms with Crippen LogP contribution in [-0.4, -0.2) is 42.0 Å². The predicted molar refractivity (Wildman–Crippen MR) is 114 cm³/mol. The summed E-state index contributed by atoms with van der Waals surface area (Å²) in [5.74, 6) is 0.212. The number of amides is 1. The van der Waals surface area contributed by atoms with Gasteiger partial charge < -0.3 is 14.8 Å². The first kappa shape index (κ1) is 19.9. The average Bonchev–Trinajstić information content (AvgIpc) is 2.99. The Morgan fingerprint density at radius 1 is 1.14 bits per heavy atom. The third-order valence-corrected chi connectivity index (χ3v) is 5.41. The molecule has 0 aliphatic carbocycles. The minimum absolute atomic E-state index is 0.149. The molecule has 8 heteroatoms. The number of nitrogens with zero attached hydrogens (tertiary/aromatic N) is 1. The number of thioether (sulfide) groups is 1. The van der Waals surface area contributed by atoms with Gasteiger partial charge in [0.25, 0.3) is 5.91 Å². The van der Waals surface area contributed by atoms with Crippen LogP contribution in [0.2, 0.25) is 0 Å². The number of methoxy groups -OCH3 is 2. The zero-order chi connectivity index (χ0) is 20.1. The number of rotatable bonds is 6. The Labute approximate surface area is 172 Å². The van der Waals surface area contributed by atoms with Crippen molar-refractivity contribution in [3.05, 3.63) is 64.6 Å². The fourth-order valence-electron chi connectivity index (χ4n) is 2.50. The van der Waals surface area contributed by atoms with E-state index in [0.29, 0.717) is 14.8 Å². The molecule has 1 aliphatic rings. The summed E-state index contributed by atoms with van der Waals surface area (Å²) in [6.07, 6.45) is 1.81. The first-order valence-electron chi connectivity index (χ1n) is 8.33. The molecule has 6 nitrogen and oxygen atoms in total. The Bertz CT molecular complexity index is 924. The number of carbonyl (C=O) groups is 2. The van der Waals surface area contributed by atoms with Crippen molar-refractivity contribution in [1.29, 1.82) is 0 Å². The molecule has 144 valence electrons. The summed E-state index contributed by atoms with van der Waals surface area (Å²) < 4.78 is 10.3. The van der Waals surface area contributed by atoms with Gasteiger partial charge in [0.15, 0.2) is 0 Å². The molecule has 0 aromatic heterocycles. The van der Waals surface area contributed by atoms with Crippen molar-refractivity contribution in [1.82, 2.24) is 4.90 Å². The molecule has 28 heavy (non-hydrogen) atoms. The van der Waals surface area contributed by atoms with Crippen LogP contribution in [0.3, 0.4) is 0 Å². The average molecular weight is 415 g/mol. The van der Waals surface area contributed by atoms with E-state index >= 15 is 0 Å². The van der Waals surface area contributed by atoms with Gasteiger partial charge >= 0.3 is 5.97 Å². The Kier molecular flexibility index (Phi) is 6.33. The summed E-state index contributed by atoms with van der Waals surface area (Å²) in [4.78, 5) is 26.2. The van der Waals surface area contributed by atoms with Gasteiger partial charge in [-0.05, 0) is 48.0 Å². The maximum atomic E-state index is 12.7. The van der Waals surface area contributed by atoms with E-state index in [1.54, 1.807) is 31.4 Å². The van der Waals surface area contributed by atoms with E-state index < -0.39 is 5.97 Å². The summed E-state index contributed by atoms with van der Waals surface area (Å²) in [6, 6.07) is 14.2. The van der Waals surface area contributed by atoms with Crippen molar-refractivity contribution >= 4 is 51.9 Å². The second kappa shape index (κ2) is 8.90. The van der Waals surface area contributed by atoms with Crippen LogP contribution in [0.15, 0.2) is 53.4 Å². The highest BCUT2D eigenvalue weighted by atomic mass is 32.2. The number of ether oxygens (including phenoxy) is 2. The molecule has 1 heterocycles. The van der Waals surface area contributed by atoms with Crippen molar-refractivity contribution in [3.8, 4) is 5.75 Å². The van der Waals surface area contributed by atoms with E-state index in [1.165, 1.54) is 23.8 Å². The normalized spacial score (nSPS) is 15.1. The molecule has 1 saturated heterocycles. The van der Waals surface area contributed by atoms with E-state index in [9.17, 15) is 9.59 Å². The van der Waals surface area contributed by atoms with Gasteiger partial charge in [0.05, 0.1) is 31.4 Å². The number of hydrogen-bond donors (Lipinski definition) is 1. The number of hydrogen-bond acceptors (Lipinski definition) is 7. The number of anilines is 1. The molecule has 0 unspecified atom stereocenters. The summed E-state index contributed by atoms with van der Waals surface area (Å²) in [7, 11) is 2.94. The highest BCUT2D eigenvalue weighted by Crippen LogP contribution is 2.32. The van der Waals surface area contributed by atoms with E-state index in [0.717, 1.165) is 17.0 Å². The van der Waals surface area contributed by atoms with E-state index in [1.807, 2.05) is 30.3 Å². The Morgan fingerprint density at radius 2 is 1.82 bits per heavy atom. The Morgan fingerprint density at radius 3 is 2.43 bits per heavy atom. The molecule has 0 bridgehead atoms. The number of nitrogens with one attached hydrogen (secondary N) is 1. The van der Waals surface area contributed by atoms with Crippen molar-refractivity contribution in [2.45, 2.75) is 0 Å². The zero-order valence-corrected chi connectivity index (χ0v) is 16.9. The topological polar surface area (TPSA) is 67.9 Å². The van der Waals surface area contributed by atoms with Crippen LogP contribution in [0.1, 0.15) is 15.9 Å². The van der Waals surface area contributed by atoms with Gasteiger partial charge in [-0.1, -0.05) is 36.1 Å². The molecule has 0 radical (unpaired) electrons. The van der Waals surface area contributed by atoms with Crippen LogP contribution < -0.4 is 10.1 Å². The fourth-order valence-corrected chi connectivity index (χ4v) is 3.76. The first-order chi connectivity index (χ1) is 13.5. The lowest BCUT2D eigenvalue weighted by molar-refractivity contribution is -0.121. The molecule has 0 spiro atoms. The molecular weight excluding hydrogens is 396 g/mol. The monoisotopic (exact) mass is 414 g/mol. The molecule has 1 amide bonds. The van der Waals surface area contributed by atoms with Crippen LogP contribution in [-0.2, 0) is 9.53 Å². The van der Waals surface area contributed by atoms with Gasteiger partial charge in [-0.25, -0.2) is 4.79 Å². The summed E-state index contributed by atoms with van der Waals surface area (Å²) in [6.45, 7) is 0.238. The number of esters is 1. The Balaban J connectivity index is 1.64. The maximum absolute atomic E-state index is 12.7. The Hall–Kier alpha value is -2.84. The smallest absolute Gasteiger partial charge is 0.337 e. The third kappa shape index (κ3) is 4.52. The molecule has 1 fully saturated rings. The minimum atomic E-state index is -0.396. The van der Waals surface area contributed by atoms with Crippen molar-refractivity contribution in [3.63, 3.8) is 0 Å². The van der Waals surface area contributed by atoms with Gasteiger partial charge in [0, 0.05) is 5.69 Å². The SMILES string of the molecule is COC(=O)c1ccc(NCN2C(=O)C(=Cc3ccc(OC)cc3)SC2=S)cc1. The van der Waals surface area contributed by atoms with Gasteiger partial charge in [0.2, 0.25) is 0 Å². The largest absolute Gasteiger partial charge is 0.497 e. The highest BCUT2D eigenvalue weighted by Gasteiger charge is 2.31. The van der Waals surface area contributed by atoms with Crippen molar-refractivity contribution in [2.75, 3.05) is 26.2 Å². The van der Waals surface area contributed by atoms with E-state index in [-0.39, 0.29) is 12.6 Å². The lowest BCUT2D eigenvalue weighted by Crippen LogP contribution is -2.33. The van der Waals surface area contributed by atoms with E-state index in [4.69, 9.17) is 17.0 Å². The van der Waals surface area contributed by atoms with Crippen LogP contribution in [0.25, 0.3) is 6.08 Å². The van der Waals surface area contributed by atoms with Crippen molar-refractivity contribution < 1.29 is 19.1 Å². The number of carbonyl (C=O) groups excluding carboxylic acids is 2. The quantitative estimate of drug-likeness (QED) is 0.439. The van der Waals surface area contributed by atoms with Crippen molar-refractivity contribution in [2.24, 2.45) is 0 Å². The summed E-state index contributed by atoms with van der Waals surface area (Å²) in [5.41, 5.74) is 2.12. The minimum Gasteiger partial charge on any atom is -0.497 e. The van der Waals surface area contributed by atoms with Crippen LogP contribution in [0, 0.1) is 0 Å². The molecule has 2 aromatic carbocycles. The maximum Gasteiger partial charge on any atom is 0.337 e. The first-order valence-corrected chi connectivity index (χ1v) is 9.56. The predicted octanol–water partition coefficient (Wildman–Crippen LogP) is 3.75. The highest BCUT2D eigenvalue weighted by molar-refractivity contribution is 8.26. The van der Waals surface area contributed by atoms with Crippen LogP contribution in [0.4, 0.5) is 5.69 Å². The van der Waals surface area contributed by atoms with Gasteiger partial charge in [-0.2, -0.15) is 0 Å². The summed E-state index contributed by atoms with van der Waals surface area (Å²) in [5, 5.41) is 3.14. The molecule has 3 rings (SSSR count). The van der Waals surface area contributed by atoms with Gasteiger partial charge in [0.1, 0.15) is 10.1 Å². The lowest BCUT2D eigenvalue weighted by Gasteiger charge is -2.16. The number of thiocarbonyl (C=S) groups is 1. The molecule has 1 N–H and O–H groups in total. The number of benzene rings is 2. The molecular formula is C20H18N2O4S2. The molecule has 0 atom stereocenters. The van der Waals surface area contributed by atoms with Crippen LogP contribution >= 0.6 is 24.0 Å². The second-order valence-corrected chi connectivity index (χ2v) is 7.46. The fraction of sp³-hybridized carbons (Fsp3) is 0.150. The lowest BCUT2D eigenvalue weighted by atomic mass is 10.2. The summed E-state index contributed by atoms with van der Waals surface area (Å²) >= 11 is 6.61. The molecule has 2 aromatic rings. The zero-order valence-electron chi connectivity index (χ0n) is 15.3. The van der Waals surface area contributed by atoms with Gasteiger partial charge in [-0.15, -0.1) is 0 Å². The standard InChI is InChI=1S/C20H18N2O4S2/c1-25-16-9-3-13(4-10-16)11-17-18(23)22(20(27)28-17)12-21-15-7-5-14(6-8-15)19(24)26-2/h3-11,21H,12H2,1-2H3. The molecule has 0 saturated carbocycles. The molecule has 1 aliphatic heterocycles. The van der Waals surface area contributed by atoms with E-state index in [2.05, 4.69) is 10.1 Å². The second-order valence-electron chi connectivity index (χ2n) is 5.79.